The lowest BCUT2D eigenvalue weighted by atomic mass is 10.1. The maximum atomic E-state index is 13.3. The lowest BCUT2D eigenvalue weighted by Crippen LogP contribution is -2.40. The molecule has 0 fully saturated rings. The summed E-state index contributed by atoms with van der Waals surface area (Å²) in [5.74, 6) is -0.190. The van der Waals surface area contributed by atoms with Crippen molar-refractivity contribution in [1.82, 2.24) is 9.13 Å². The van der Waals surface area contributed by atoms with Gasteiger partial charge in [0.15, 0.2) is 5.78 Å². The van der Waals surface area contributed by atoms with E-state index >= 15 is 0 Å². The number of hydrogen-bond donors (Lipinski definition) is 0. The average molecular weight is 384 g/mol. The number of nitrogens with zero attached hydrogens (tertiary/aromatic N) is 2. The standard InChI is InChI=1S/C24H20N2O3/c1-2-17-12-14-19(15-13-17)26-23(28)20-10-6-7-11-21(20)25(24(26)29)16-22(27)18-8-4-3-5-9-18/h3-15H,2,16H2,1H3. The fourth-order valence-electron chi connectivity index (χ4n) is 3.44. The van der Waals surface area contributed by atoms with Crippen LogP contribution in [0.2, 0.25) is 0 Å². The van der Waals surface area contributed by atoms with Crippen LogP contribution in [0.3, 0.4) is 0 Å². The van der Waals surface area contributed by atoms with Crippen LogP contribution in [0.25, 0.3) is 16.6 Å². The van der Waals surface area contributed by atoms with E-state index in [1.165, 1.54) is 4.57 Å². The Morgan fingerprint density at radius 3 is 2.17 bits per heavy atom. The highest BCUT2D eigenvalue weighted by Crippen LogP contribution is 2.12. The third kappa shape index (κ3) is 3.43. The summed E-state index contributed by atoms with van der Waals surface area (Å²) in [7, 11) is 0. The number of para-hydroxylation sites is 1. The molecule has 0 unspecified atom stereocenters. The number of fused-ring (bicyclic) bond motifs is 1. The second kappa shape index (κ2) is 7.72. The van der Waals surface area contributed by atoms with E-state index in [9.17, 15) is 14.4 Å². The number of hydrogen-bond acceptors (Lipinski definition) is 3. The van der Waals surface area contributed by atoms with Crippen molar-refractivity contribution < 1.29 is 4.79 Å². The van der Waals surface area contributed by atoms with Crippen LogP contribution in [-0.2, 0) is 13.0 Å². The smallest absolute Gasteiger partial charge is 0.292 e. The Kier molecular flexibility index (Phi) is 4.96. The zero-order valence-corrected chi connectivity index (χ0v) is 16.0. The zero-order valence-electron chi connectivity index (χ0n) is 16.0. The lowest BCUT2D eigenvalue weighted by molar-refractivity contribution is 0.0971. The summed E-state index contributed by atoms with van der Waals surface area (Å²) in [5, 5.41) is 0.396. The number of aromatic nitrogens is 2. The molecule has 0 saturated heterocycles. The van der Waals surface area contributed by atoms with Crippen LogP contribution < -0.4 is 11.2 Å². The molecule has 0 aliphatic carbocycles. The summed E-state index contributed by atoms with van der Waals surface area (Å²) in [6, 6.07) is 23.0. The second-order valence-electron chi connectivity index (χ2n) is 6.84. The number of rotatable bonds is 5. The van der Waals surface area contributed by atoms with Crippen molar-refractivity contribution in [3.05, 3.63) is 111 Å². The van der Waals surface area contributed by atoms with Crippen LogP contribution in [0, 0.1) is 0 Å². The highest BCUT2D eigenvalue weighted by atomic mass is 16.2. The maximum Gasteiger partial charge on any atom is 0.336 e. The number of carbonyl (C=O) groups excluding carboxylic acids is 1. The molecule has 144 valence electrons. The molecule has 4 aromatic rings. The first kappa shape index (κ1) is 18.6. The summed E-state index contributed by atoms with van der Waals surface area (Å²) in [4.78, 5) is 39.2. The first-order valence-corrected chi connectivity index (χ1v) is 9.52. The van der Waals surface area contributed by atoms with Gasteiger partial charge in [-0.25, -0.2) is 9.36 Å². The zero-order chi connectivity index (χ0) is 20.4. The van der Waals surface area contributed by atoms with Gasteiger partial charge in [0.25, 0.3) is 5.56 Å². The van der Waals surface area contributed by atoms with E-state index in [2.05, 4.69) is 0 Å². The van der Waals surface area contributed by atoms with Crippen LogP contribution >= 0.6 is 0 Å². The van der Waals surface area contributed by atoms with E-state index < -0.39 is 11.2 Å². The highest BCUT2D eigenvalue weighted by Gasteiger charge is 2.17. The Morgan fingerprint density at radius 1 is 0.828 bits per heavy atom. The van der Waals surface area contributed by atoms with E-state index in [-0.39, 0.29) is 12.3 Å². The third-order valence-electron chi connectivity index (χ3n) is 5.05. The molecule has 0 aliphatic heterocycles. The molecule has 0 amide bonds. The predicted octanol–water partition coefficient (Wildman–Crippen LogP) is 3.60. The molecule has 0 radical (unpaired) electrons. The molecule has 3 aromatic carbocycles. The van der Waals surface area contributed by atoms with Crippen molar-refractivity contribution in [2.75, 3.05) is 0 Å². The van der Waals surface area contributed by atoms with Gasteiger partial charge < -0.3 is 0 Å². The molecule has 0 N–H and O–H groups in total. The number of aryl methyl sites for hydroxylation is 1. The van der Waals surface area contributed by atoms with Gasteiger partial charge in [-0.3, -0.25) is 14.2 Å². The fourth-order valence-corrected chi connectivity index (χ4v) is 3.44. The van der Waals surface area contributed by atoms with Crippen molar-refractivity contribution in [1.29, 1.82) is 0 Å². The van der Waals surface area contributed by atoms with Gasteiger partial charge in [0, 0.05) is 5.56 Å². The summed E-state index contributed by atoms with van der Waals surface area (Å²) < 4.78 is 2.51. The number of Topliss-reactive ketones (excluding diaryl/α,β-unsaturated/α-hetero) is 1. The first-order valence-electron chi connectivity index (χ1n) is 9.52. The highest BCUT2D eigenvalue weighted by molar-refractivity contribution is 5.96. The van der Waals surface area contributed by atoms with Crippen LogP contribution in [0.1, 0.15) is 22.8 Å². The molecule has 4 rings (SSSR count). The number of benzene rings is 3. The second-order valence-corrected chi connectivity index (χ2v) is 6.84. The van der Waals surface area contributed by atoms with Gasteiger partial charge in [0.2, 0.25) is 0 Å². The van der Waals surface area contributed by atoms with Crippen molar-refractivity contribution in [2.24, 2.45) is 0 Å². The lowest BCUT2D eigenvalue weighted by Gasteiger charge is -2.14. The normalized spacial score (nSPS) is 10.9. The van der Waals surface area contributed by atoms with Crippen molar-refractivity contribution >= 4 is 16.7 Å². The molecular weight excluding hydrogens is 364 g/mol. The summed E-state index contributed by atoms with van der Waals surface area (Å²) in [6.07, 6.45) is 0.864. The molecule has 29 heavy (non-hydrogen) atoms. The predicted molar refractivity (Wildman–Crippen MR) is 114 cm³/mol. The summed E-state index contributed by atoms with van der Waals surface area (Å²) in [6.45, 7) is 1.90. The van der Waals surface area contributed by atoms with E-state index in [1.807, 2.05) is 25.1 Å². The molecule has 0 aliphatic rings. The van der Waals surface area contributed by atoms with Crippen LogP contribution in [-0.4, -0.2) is 14.9 Å². The van der Waals surface area contributed by atoms with Crippen LogP contribution in [0.4, 0.5) is 0 Å². The Hall–Kier alpha value is -3.73. The Morgan fingerprint density at radius 2 is 1.48 bits per heavy atom. The quantitative estimate of drug-likeness (QED) is 0.494. The molecule has 5 nitrogen and oxygen atoms in total. The van der Waals surface area contributed by atoms with Crippen molar-refractivity contribution in [3.63, 3.8) is 0 Å². The SMILES string of the molecule is CCc1ccc(-n2c(=O)c3ccccc3n(CC(=O)c3ccccc3)c2=O)cc1. The largest absolute Gasteiger partial charge is 0.336 e. The number of carbonyl (C=O) groups is 1. The topological polar surface area (TPSA) is 61.1 Å². The first-order chi connectivity index (χ1) is 14.1. The van der Waals surface area contributed by atoms with Gasteiger partial charge in [0.05, 0.1) is 23.1 Å². The van der Waals surface area contributed by atoms with Gasteiger partial charge in [0.1, 0.15) is 0 Å². The van der Waals surface area contributed by atoms with Crippen molar-refractivity contribution in [3.8, 4) is 5.69 Å². The molecule has 1 heterocycles. The number of ketones is 1. The minimum Gasteiger partial charge on any atom is -0.292 e. The Bertz CT molecular complexity index is 1300. The van der Waals surface area contributed by atoms with Gasteiger partial charge >= 0.3 is 5.69 Å². The van der Waals surface area contributed by atoms with Gasteiger partial charge in [-0.15, -0.1) is 0 Å². The minimum absolute atomic E-state index is 0.142. The molecular formula is C24H20N2O3. The van der Waals surface area contributed by atoms with Gasteiger partial charge in [-0.1, -0.05) is 61.5 Å². The molecule has 0 saturated carbocycles. The van der Waals surface area contributed by atoms with Crippen molar-refractivity contribution in [2.45, 2.75) is 19.9 Å². The van der Waals surface area contributed by atoms with E-state index in [0.29, 0.717) is 22.2 Å². The third-order valence-corrected chi connectivity index (χ3v) is 5.05. The van der Waals surface area contributed by atoms with E-state index in [1.54, 1.807) is 60.7 Å². The monoisotopic (exact) mass is 384 g/mol. The minimum atomic E-state index is -0.526. The maximum absolute atomic E-state index is 13.3. The molecule has 0 spiro atoms. The average Bonchev–Trinajstić information content (AvgIpc) is 2.77. The molecule has 5 heteroatoms. The summed E-state index contributed by atoms with van der Waals surface area (Å²) >= 11 is 0. The fraction of sp³-hybridized carbons (Fsp3) is 0.125. The Balaban J connectivity index is 1.93. The van der Waals surface area contributed by atoms with E-state index in [0.717, 1.165) is 16.6 Å². The van der Waals surface area contributed by atoms with Crippen LogP contribution in [0.5, 0.6) is 0 Å². The van der Waals surface area contributed by atoms with Gasteiger partial charge in [-0.05, 0) is 36.2 Å². The summed E-state index contributed by atoms with van der Waals surface area (Å²) in [5.41, 5.74) is 1.66. The van der Waals surface area contributed by atoms with Crippen LogP contribution in [0.15, 0.2) is 88.5 Å². The van der Waals surface area contributed by atoms with Gasteiger partial charge in [-0.2, -0.15) is 0 Å². The molecule has 0 atom stereocenters. The molecule has 0 bridgehead atoms. The molecule has 1 aromatic heterocycles. The Labute approximate surface area is 167 Å². The van der Waals surface area contributed by atoms with E-state index in [4.69, 9.17) is 0 Å².